The molecule has 3 heterocycles. The van der Waals surface area contributed by atoms with Gasteiger partial charge in [-0.1, -0.05) is 6.92 Å². The molecule has 0 saturated carbocycles. The third-order valence-corrected chi connectivity index (χ3v) is 5.06. The molecule has 2 atom stereocenters. The van der Waals surface area contributed by atoms with Gasteiger partial charge in [0, 0.05) is 41.5 Å². The Labute approximate surface area is 130 Å². The van der Waals surface area contributed by atoms with E-state index in [-0.39, 0.29) is 0 Å². The van der Waals surface area contributed by atoms with Crippen molar-refractivity contribution < 1.29 is 0 Å². The van der Waals surface area contributed by atoms with Gasteiger partial charge in [0.15, 0.2) is 0 Å². The molecule has 1 aromatic heterocycles. The lowest BCUT2D eigenvalue weighted by Gasteiger charge is -2.37. The molecular weight excluding hydrogens is 314 g/mol. The van der Waals surface area contributed by atoms with E-state index in [1.165, 1.54) is 44.2 Å². The Morgan fingerprint density at radius 2 is 2.05 bits per heavy atom. The summed E-state index contributed by atoms with van der Waals surface area (Å²) < 4.78 is 1.08. The number of rotatable bonds is 5. The Morgan fingerprint density at radius 1 is 1.30 bits per heavy atom. The number of nitrogens with one attached hydrogen (secondary N) is 1. The molecule has 0 aliphatic carbocycles. The van der Waals surface area contributed by atoms with Crippen molar-refractivity contribution in [1.82, 2.24) is 15.2 Å². The molecule has 2 aliphatic rings. The summed E-state index contributed by atoms with van der Waals surface area (Å²) in [6, 6.07) is 4.47. The van der Waals surface area contributed by atoms with E-state index in [0.717, 1.165) is 29.1 Å². The molecular formula is C16H24BrN3. The first kappa shape index (κ1) is 14.5. The summed E-state index contributed by atoms with van der Waals surface area (Å²) in [6.45, 7) is 4.50. The molecule has 20 heavy (non-hydrogen) atoms. The van der Waals surface area contributed by atoms with Gasteiger partial charge in [-0.05, 0) is 66.2 Å². The number of aromatic nitrogens is 1. The predicted molar refractivity (Wildman–Crippen MR) is 85.6 cm³/mol. The largest absolute Gasteiger partial charge is 0.311 e. The third-order valence-electron chi connectivity index (χ3n) is 4.62. The van der Waals surface area contributed by atoms with Crippen molar-refractivity contribution in [2.45, 2.75) is 63.7 Å². The van der Waals surface area contributed by atoms with Crippen LogP contribution in [0, 0.1) is 0 Å². The fraction of sp³-hybridized carbons (Fsp3) is 0.688. The molecule has 110 valence electrons. The van der Waals surface area contributed by atoms with E-state index in [9.17, 15) is 0 Å². The van der Waals surface area contributed by atoms with Crippen LogP contribution in [0.5, 0.6) is 0 Å². The van der Waals surface area contributed by atoms with Gasteiger partial charge >= 0.3 is 0 Å². The SMILES string of the molecule is CCCN(Cc1cncc(Br)c1)C1CC2CCC(C1)N2. The molecule has 0 amide bonds. The zero-order valence-corrected chi connectivity index (χ0v) is 13.8. The maximum atomic E-state index is 4.30. The number of hydrogen-bond donors (Lipinski definition) is 1. The van der Waals surface area contributed by atoms with Crippen LogP contribution >= 0.6 is 15.9 Å². The molecule has 3 nitrogen and oxygen atoms in total. The quantitative estimate of drug-likeness (QED) is 0.893. The lowest BCUT2D eigenvalue weighted by atomic mass is 9.97. The molecule has 1 N–H and O–H groups in total. The van der Waals surface area contributed by atoms with Crippen molar-refractivity contribution in [3.05, 3.63) is 28.5 Å². The van der Waals surface area contributed by atoms with E-state index in [2.05, 4.69) is 44.1 Å². The predicted octanol–water partition coefficient (Wildman–Crippen LogP) is 3.34. The molecule has 0 radical (unpaired) electrons. The number of nitrogens with zero attached hydrogens (tertiary/aromatic N) is 2. The maximum absolute atomic E-state index is 4.30. The number of piperidine rings is 1. The van der Waals surface area contributed by atoms with Crippen LogP contribution in [0.4, 0.5) is 0 Å². The minimum atomic E-state index is 0.743. The molecule has 4 heteroatoms. The highest BCUT2D eigenvalue weighted by atomic mass is 79.9. The van der Waals surface area contributed by atoms with Crippen LogP contribution in [0.25, 0.3) is 0 Å². The van der Waals surface area contributed by atoms with Gasteiger partial charge in [0.2, 0.25) is 0 Å². The van der Waals surface area contributed by atoms with Gasteiger partial charge in [-0.3, -0.25) is 9.88 Å². The first-order valence-corrected chi connectivity index (χ1v) is 8.63. The zero-order valence-electron chi connectivity index (χ0n) is 12.2. The maximum Gasteiger partial charge on any atom is 0.0410 e. The summed E-state index contributed by atoms with van der Waals surface area (Å²) in [7, 11) is 0. The lowest BCUT2D eigenvalue weighted by Crippen LogP contribution is -2.48. The van der Waals surface area contributed by atoms with Crippen molar-refractivity contribution in [2.24, 2.45) is 0 Å². The number of halogens is 1. The van der Waals surface area contributed by atoms with Gasteiger partial charge in [0.05, 0.1) is 0 Å². The van der Waals surface area contributed by atoms with Crippen molar-refractivity contribution in [2.75, 3.05) is 6.54 Å². The summed E-state index contributed by atoms with van der Waals surface area (Å²) in [4.78, 5) is 6.98. The molecule has 0 spiro atoms. The molecule has 3 rings (SSSR count). The molecule has 2 saturated heterocycles. The lowest BCUT2D eigenvalue weighted by molar-refractivity contribution is 0.134. The summed E-state index contributed by atoms with van der Waals surface area (Å²) >= 11 is 3.53. The van der Waals surface area contributed by atoms with Gasteiger partial charge in [-0.2, -0.15) is 0 Å². The van der Waals surface area contributed by atoms with E-state index in [1.807, 2.05) is 12.4 Å². The van der Waals surface area contributed by atoms with Crippen molar-refractivity contribution in [3.63, 3.8) is 0 Å². The van der Waals surface area contributed by atoms with Crippen LogP contribution in [0.1, 0.15) is 44.6 Å². The van der Waals surface area contributed by atoms with Gasteiger partial charge < -0.3 is 5.32 Å². The average Bonchev–Trinajstić information content (AvgIpc) is 2.77. The Kier molecular flexibility index (Phi) is 4.74. The van der Waals surface area contributed by atoms with E-state index in [1.54, 1.807) is 0 Å². The monoisotopic (exact) mass is 337 g/mol. The summed E-state index contributed by atoms with van der Waals surface area (Å²) in [5.41, 5.74) is 1.32. The molecule has 2 unspecified atom stereocenters. The molecule has 2 fully saturated rings. The van der Waals surface area contributed by atoms with E-state index < -0.39 is 0 Å². The van der Waals surface area contributed by atoms with E-state index in [0.29, 0.717) is 0 Å². The Balaban J connectivity index is 1.69. The van der Waals surface area contributed by atoms with Gasteiger partial charge in [0.25, 0.3) is 0 Å². The fourth-order valence-corrected chi connectivity index (χ4v) is 4.19. The van der Waals surface area contributed by atoms with Crippen molar-refractivity contribution in [1.29, 1.82) is 0 Å². The topological polar surface area (TPSA) is 28.2 Å². The van der Waals surface area contributed by atoms with Gasteiger partial charge in [-0.25, -0.2) is 0 Å². The fourth-order valence-electron chi connectivity index (χ4n) is 3.78. The second kappa shape index (κ2) is 6.54. The first-order chi connectivity index (χ1) is 9.74. The second-order valence-corrected chi connectivity index (χ2v) is 7.16. The Morgan fingerprint density at radius 3 is 2.70 bits per heavy atom. The highest BCUT2D eigenvalue weighted by Gasteiger charge is 2.35. The number of fused-ring (bicyclic) bond motifs is 2. The Hall–Kier alpha value is -0.450. The normalized spacial score (nSPS) is 29.1. The number of pyridine rings is 1. The van der Waals surface area contributed by atoms with Gasteiger partial charge in [-0.15, -0.1) is 0 Å². The minimum absolute atomic E-state index is 0.743. The smallest absolute Gasteiger partial charge is 0.0410 e. The highest BCUT2D eigenvalue weighted by molar-refractivity contribution is 9.10. The molecule has 0 aromatic carbocycles. The van der Waals surface area contributed by atoms with Crippen LogP contribution in [0.15, 0.2) is 22.9 Å². The van der Waals surface area contributed by atoms with Crippen LogP contribution in [0.3, 0.4) is 0 Å². The van der Waals surface area contributed by atoms with E-state index in [4.69, 9.17) is 0 Å². The van der Waals surface area contributed by atoms with Crippen LogP contribution in [0.2, 0.25) is 0 Å². The van der Waals surface area contributed by atoms with E-state index >= 15 is 0 Å². The van der Waals surface area contributed by atoms with Crippen LogP contribution in [-0.2, 0) is 6.54 Å². The summed E-state index contributed by atoms with van der Waals surface area (Å²) in [5.74, 6) is 0. The Bertz CT molecular complexity index is 439. The number of hydrogen-bond acceptors (Lipinski definition) is 3. The highest BCUT2D eigenvalue weighted by Crippen LogP contribution is 2.30. The minimum Gasteiger partial charge on any atom is -0.311 e. The zero-order chi connectivity index (χ0) is 13.9. The third kappa shape index (κ3) is 3.41. The summed E-state index contributed by atoms with van der Waals surface area (Å²) in [5, 5.41) is 3.74. The average molecular weight is 338 g/mol. The first-order valence-electron chi connectivity index (χ1n) is 7.84. The summed E-state index contributed by atoms with van der Waals surface area (Å²) in [6.07, 6.45) is 10.5. The molecule has 2 aliphatic heterocycles. The van der Waals surface area contributed by atoms with Crippen LogP contribution in [-0.4, -0.2) is 34.6 Å². The molecule has 2 bridgehead atoms. The molecule has 1 aromatic rings. The van der Waals surface area contributed by atoms with Crippen LogP contribution < -0.4 is 5.32 Å². The van der Waals surface area contributed by atoms with Crippen molar-refractivity contribution >= 4 is 15.9 Å². The standard InChI is InChI=1S/C16H24BrN3/c1-2-5-20(11-12-6-13(17)10-18-9-12)16-7-14-3-4-15(8-16)19-14/h6,9-10,14-16,19H,2-5,7-8,11H2,1H3. The second-order valence-electron chi connectivity index (χ2n) is 6.24. The van der Waals surface area contributed by atoms with Crippen molar-refractivity contribution in [3.8, 4) is 0 Å². The van der Waals surface area contributed by atoms with Gasteiger partial charge in [0.1, 0.15) is 0 Å².